The zero-order valence-electron chi connectivity index (χ0n) is 41.9. The first-order valence-corrected chi connectivity index (χ1v) is 23.9. The van der Waals surface area contributed by atoms with Crippen molar-refractivity contribution < 1.29 is 85.6 Å². The largest absolute Gasteiger partial charge is 0.463 e. The SMILES string of the molecule is CC(=O)OC[C@H]1O[C@@H](O[C@@H]2[C@@H](OC(C)=O)[C@H](N=[N+]=[N-])C[C@H](N=[N+]=[N-])[C@H]2O[C@H]2O[C@H](C3(NC(=O)OCc4ccccc4)CC3)CC[C@H]2N=[N+]=[N-])[C@H](OC(C)=O)[C@@H]1O[C@H]1O[C@@H](CN=[N+]=[N-])[C@@H](OC(C)=O)[C@H](OC(C)=O)[C@H]1N=[N+]=[N-]. The standard InChI is InChI=1S/C43H54N16O18/c1-19(60)66-18-29-35(76-40-31(54-59-48)36(70-22(4)63)34(69-21(3)62)28(72-40)16-49-55-44)38(71-23(5)64)41(73-29)77-37-32(68-20(2)61)26(52-57-46)15-27(53-58-47)33(37)75-39-25(51-56-45)11-12-30(74-39)43(13-14-43)50-42(65)67-17-24-9-7-6-8-10-24/h6-10,25-41H,11-18H2,1-5H3,(H,50,65)/t25-,26-,27+,28+,29-,30+,31-,32+,33-,34-,35-,36-,37-,38-,39-,40-,41+/m1/s1. The average molecular weight is 1080 g/mol. The van der Waals surface area contributed by atoms with Crippen LogP contribution < -0.4 is 5.32 Å². The van der Waals surface area contributed by atoms with Crippen molar-refractivity contribution in [3.05, 3.63) is 88.1 Å². The number of hydrogen-bond acceptors (Lipinski definition) is 23. The third kappa shape index (κ3) is 15.4. The molecule has 3 aliphatic heterocycles. The average Bonchev–Trinajstić information content (AvgIpc) is 4.10. The van der Waals surface area contributed by atoms with Crippen LogP contribution in [0.4, 0.5) is 4.79 Å². The summed E-state index contributed by atoms with van der Waals surface area (Å²) < 4.78 is 71.8. The summed E-state index contributed by atoms with van der Waals surface area (Å²) in [7, 11) is 0. The molecule has 0 radical (unpaired) electrons. The molecule has 414 valence electrons. The zero-order valence-corrected chi connectivity index (χ0v) is 41.9. The fourth-order valence-corrected chi connectivity index (χ4v) is 9.46. The second-order valence-electron chi connectivity index (χ2n) is 18.1. The van der Waals surface area contributed by atoms with Gasteiger partial charge in [0.25, 0.3) is 0 Å². The highest BCUT2D eigenvalue weighted by atomic mass is 16.8. The number of nitrogens with one attached hydrogen (secondary N) is 1. The predicted octanol–water partition coefficient (Wildman–Crippen LogP) is 5.28. The van der Waals surface area contributed by atoms with Gasteiger partial charge < -0.3 is 62.2 Å². The first-order valence-electron chi connectivity index (χ1n) is 23.9. The number of hydrogen-bond donors (Lipinski definition) is 1. The zero-order chi connectivity index (χ0) is 55.8. The van der Waals surface area contributed by atoms with E-state index in [0.717, 1.165) is 40.2 Å². The number of esters is 5. The molecule has 0 aromatic heterocycles. The van der Waals surface area contributed by atoms with E-state index in [1.165, 1.54) is 0 Å². The Morgan fingerprint density at radius 3 is 1.73 bits per heavy atom. The van der Waals surface area contributed by atoms with Crippen LogP contribution in [0.1, 0.15) is 72.3 Å². The maximum atomic E-state index is 13.2. The number of azide groups is 5. The van der Waals surface area contributed by atoms with Gasteiger partial charge in [-0.1, -0.05) is 55.9 Å². The Balaban J connectivity index is 1.39. The van der Waals surface area contributed by atoms with Crippen LogP contribution >= 0.6 is 0 Å². The smallest absolute Gasteiger partial charge is 0.407 e. The number of carbonyl (C=O) groups is 6. The van der Waals surface area contributed by atoms with Gasteiger partial charge in [-0.2, -0.15) is 0 Å². The van der Waals surface area contributed by atoms with Gasteiger partial charge in [-0.3, -0.25) is 24.0 Å². The van der Waals surface area contributed by atoms with E-state index < -0.39 is 159 Å². The van der Waals surface area contributed by atoms with E-state index in [1.807, 2.05) is 6.07 Å². The summed E-state index contributed by atoms with van der Waals surface area (Å²) >= 11 is 0. The summed E-state index contributed by atoms with van der Waals surface area (Å²) in [6.45, 7) is 3.79. The molecule has 0 unspecified atom stereocenters. The van der Waals surface area contributed by atoms with Crippen LogP contribution in [0.15, 0.2) is 55.9 Å². The monoisotopic (exact) mass is 1080 g/mol. The van der Waals surface area contributed by atoms with Gasteiger partial charge in [0, 0.05) is 59.2 Å². The number of benzene rings is 1. The molecular formula is C43H54N16O18. The van der Waals surface area contributed by atoms with Crippen molar-refractivity contribution in [2.75, 3.05) is 13.2 Å². The maximum absolute atomic E-state index is 13.2. The van der Waals surface area contributed by atoms with E-state index in [-0.39, 0.29) is 25.9 Å². The van der Waals surface area contributed by atoms with E-state index in [4.69, 9.17) is 56.8 Å². The van der Waals surface area contributed by atoms with Gasteiger partial charge in [0.05, 0.1) is 42.4 Å². The molecule has 1 N–H and O–H groups in total. The summed E-state index contributed by atoms with van der Waals surface area (Å²) in [4.78, 5) is 90.7. The van der Waals surface area contributed by atoms with Gasteiger partial charge in [0.15, 0.2) is 37.2 Å². The van der Waals surface area contributed by atoms with Gasteiger partial charge in [0.2, 0.25) is 0 Å². The lowest BCUT2D eigenvalue weighted by Gasteiger charge is -2.47. The molecule has 2 saturated carbocycles. The van der Waals surface area contributed by atoms with Gasteiger partial charge in [-0.25, -0.2) is 4.79 Å². The summed E-state index contributed by atoms with van der Waals surface area (Å²) in [5.74, 6) is -4.65. The number of alkyl carbamates (subject to hydrolysis) is 1. The Labute approximate surface area is 435 Å². The first-order chi connectivity index (χ1) is 36.9. The molecule has 1 aromatic carbocycles. The lowest BCUT2D eigenvalue weighted by molar-refractivity contribution is -0.293. The van der Waals surface area contributed by atoms with Crippen LogP contribution in [0.2, 0.25) is 0 Å². The summed E-state index contributed by atoms with van der Waals surface area (Å²) in [5.41, 5.74) is 48.1. The minimum absolute atomic E-state index is 0.0256. The molecule has 6 rings (SSSR count). The molecule has 1 aromatic rings. The summed E-state index contributed by atoms with van der Waals surface area (Å²) in [6, 6.07) is 3.36. The van der Waals surface area contributed by atoms with E-state index in [2.05, 4.69) is 55.4 Å². The highest BCUT2D eigenvalue weighted by molar-refractivity contribution is 5.69. The number of amides is 1. The van der Waals surface area contributed by atoms with E-state index in [0.29, 0.717) is 12.8 Å². The molecule has 77 heavy (non-hydrogen) atoms. The highest BCUT2D eigenvalue weighted by Gasteiger charge is 2.59. The molecule has 0 spiro atoms. The maximum Gasteiger partial charge on any atom is 0.407 e. The Kier molecular flexibility index (Phi) is 20.7. The van der Waals surface area contributed by atoms with E-state index >= 15 is 0 Å². The van der Waals surface area contributed by atoms with Crippen molar-refractivity contribution in [2.24, 2.45) is 25.6 Å². The predicted molar refractivity (Wildman–Crippen MR) is 251 cm³/mol. The van der Waals surface area contributed by atoms with Crippen molar-refractivity contribution in [3.8, 4) is 0 Å². The quantitative estimate of drug-likeness (QED) is 0.0507. The Bertz CT molecular complexity index is 2570. The van der Waals surface area contributed by atoms with Crippen LogP contribution in [0.5, 0.6) is 0 Å². The fourth-order valence-electron chi connectivity index (χ4n) is 9.46. The Morgan fingerprint density at radius 2 is 1.13 bits per heavy atom. The Morgan fingerprint density at radius 1 is 0.571 bits per heavy atom. The normalized spacial score (nSPS) is 32.7. The molecule has 5 aliphatic rings. The second-order valence-corrected chi connectivity index (χ2v) is 18.1. The molecule has 5 fully saturated rings. The van der Waals surface area contributed by atoms with E-state index in [1.54, 1.807) is 24.3 Å². The van der Waals surface area contributed by atoms with Crippen LogP contribution in [-0.4, -0.2) is 159 Å². The van der Waals surface area contributed by atoms with Gasteiger partial charge in [0.1, 0.15) is 49.8 Å². The number of nitrogens with zero attached hydrogens (tertiary/aromatic N) is 15. The fraction of sp³-hybridized carbons (Fsp3) is 0.721. The van der Waals surface area contributed by atoms with Gasteiger partial charge >= 0.3 is 35.9 Å². The van der Waals surface area contributed by atoms with Crippen LogP contribution in [0, 0.1) is 0 Å². The lowest BCUT2D eigenvalue weighted by atomic mass is 9.83. The molecule has 0 bridgehead atoms. The molecule has 34 heteroatoms. The van der Waals surface area contributed by atoms with Crippen molar-refractivity contribution in [1.29, 1.82) is 0 Å². The summed E-state index contributed by atoms with van der Waals surface area (Å²) in [6.07, 6.45) is -20.8. The number of carbonyl (C=O) groups excluding carboxylic acids is 6. The molecule has 3 heterocycles. The van der Waals surface area contributed by atoms with Crippen LogP contribution in [-0.2, 0) is 87.4 Å². The molecule has 1 amide bonds. The minimum Gasteiger partial charge on any atom is -0.463 e. The number of ether oxygens (including phenoxy) is 12. The molecule has 17 atom stereocenters. The second kappa shape index (κ2) is 27.3. The third-order valence-corrected chi connectivity index (χ3v) is 12.7. The van der Waals surface area contributed by atoms with Gasteiger partial charge in [-0.15, -0.1) is 0 Å². The topological polar surface area (TPSA) is 469 Å². The lowest BCUT2D eigenvalue weighted by Crippen LogP contribution is -2.62. The van der Waals surface area contributed by atoms with Crippen molar-refractivity contribution in [2.45, 2.75) is 183 Å². The molecule has 34 nitrogen and oxygen atoms in total. The molecule has 2 aliphatic carbocycles. The van der Waals surface area contributed by atoms with Crippen LogP contribution in [0.25, 0.3) is 52.2 Å². The van der Waals surface area contributed by atoms with Crippen molar-refractivity contribution in [3.63, 3.8) is 0 Å². The van der Waals surface area contributed by atoms with E-state index in [9.17, 15) is 56.4 Å². The first kappa shape index (κ1) is 58.4. The third-order valence-electron chi connectivity index (χ3n) is 12.7. The van der Waals surface area contributed by atoms with Crippen molar-refractivity contribution in [1.82, 2.24) is 5.32 Å². The molecular weight excluding hydrogens is 1030 g/mol. The van der Waals surface area contributed by atoms with Crippen LogP contribution in [0.3, 0.4) is 0 Å². The summed E-state index contributed by atoms with van der Waals surface area (Å²) in [5, 5.41) is 21.8. The highest BCUT2D eigenvalue weighted by Crippen LogP contribution is 2.46. The van der Waals surface area contributed by atoms with Crippen molar-refractivity contribution >= 4 is 35.9 Å². The molecule has 3 saturated heterocycles. The minimum atomic E-state index is -1.93. The number of rotatable bonds is 22. The Hall–Kier alpha value is -7.85. The van der Waals surface area contributed by atoms with Gasteiger partial charge in [-0.05, 0) is 65.3 Å².